The molecule has 0 aliphatic carbocycles. The van der Waals surface area contributed by atoms with E-state index in [2.05, 4.69) is 5.32 Å². The number of nitrogens with one attached hydrogen (secondary N) is 1. The number of aryl methyl sites for hydroxylation is 1. The van der Waals surface area contributed by atoms with Crippen LogP contribution in [0.1, 0.15) is 29.9 Å². The lowest BCUT2D eigenvalue weighted by Gasteiger charge is -2.22. The van der Waals surface area contributed by atoms with Crippen molar-refractivity contribution < 1.29 is 17.6 Å². The van der Waals surface area contributed by atoms with Gasteiger partial charge in [-0.1, -0.05) is 48.0 Å². The monoisotopic (exact) mass is 412 g/mol. The van der Waals surface area contributed by atoms with Crippen LogP contribution in [0.15, 0.2) is 82.3 Å². The highest BCUT2D eigenvalue weighted by molar-refractivity contribution is 7.89. The molecule has 0 aliphatic rings. The molecule has 0 saturated heterocycles. The Morgan fingerprint density at radius 1 is 1.03 bits per heavy atom. The topological polar surface area (TPSA) is 79.6 Å². The quantitative estimate of drug-likeness (QED) is 0.612. The van der Waals surface area contributed by atoms with Gasteiger partial charge in [-0.2, -0.15) is 4.31 Å². The molecular formula is C22H24N2O4S. The van der Waals surface area contributed by atoms with Gasteiger partial charge in [0.15, 0.2) is 0 Å². The van der Waals surface area contributed by atoms with E-state index in [1.54, 1.807) is 36.4 Å². The summed E-state index contributed by atoms with van der Waals surface area (Å²) in [4.78, 5) is 12.8. The maximum Gasteiger partial charge on any atom is 0.243 e. The van der Waals surface area contributed by atoms with E-state index in [1.165, 1.54) is 6.26 Å². The SMILES string of the molecule is Cc1ccc(S(=O)(=O)N(CC(=O)N[C@H](C)c2ccccc2)Cc2ccco2)cc1. The fourth-order valence-corrected chi connectivity index (χ4v) is 4.30. The van der Waals surface area contributed by atoms with Gasteiger partial charge >= 0.3 is 0 Å². The Morgan fingerprint density at radius 3 is 2.34 bits per heavy atom. The molecule has 0 fully saturated rings. The summed E-state index contributed by atoms with van der Waals surface area (Å²) in [5, 5.41) is 2.86. The molecule has 0 radical (unpaired) electrons. The van der Waals surface area contributed by atoms with Crippen LogP contribution in [0, 0.1) is 6.92 Å². The summed E-state index contributed by atoms with van der Waals surface area (Å²) < 4.78 is 32.8. The molecular weight excluding hydrogens is 388 g/mol. The van der Waals surface area contributed by atoms with E-state index in [1.807, 2.05) is 44.2 Å². The van der Waals surface area contributed by atoms with Crippen LogP contribution >= 0.6 is 0 Å². The largest absolute Gasteiger partial charge is 0.468 e. The van der Waals surface area contributed by atoms with E-state index < -0.39 is 10.0 Å². The predicted octanol–water partition coefficient (Wildman–Crippen LogP) is 3.66. The molecule has 1 N–H and O–H groups in total. The Morgan fingerprint density at radius 2 is 1.72 bits per heavy atom. The van der Waals surface area contributed by atoms with Crippen LogP contribution in [0.25, 0.3) is 0 Å². The number of sulfonamides is 1. The third-order valence-corrected chi connectivity index (χ3v) is 6.37. The molecule has 2 aromatic carbocycles. The summed E-state index contributed by atoms with van der Waals surface area (Å²) in [6, 6.07) is 19.2. The molecule has 3 aromatic rings. The van der Waals surface area contributed by atoms with Crippen molar-refractivity contribution in [2.75, 3.05) is 6.54 Å². The maximum atomic E-state index is 13.2. The number of furan rings is 1. The van der Waals surface area contributed by atoms with Gasteiger partial charge in [-0.05, 0) is 43.7 Å². The lowest BCUT2D eigenvalue weighted by Crippen LogP contribution is -2.41. The molecule has 0 spiro atoms. The second-order valence-corrected chi connectivity index (χ2v) is 8.80. The number of hydrogen-bond donors (Lipinski definition) is 1. The van der Waals surface area contributed by atoms with Crippen LogP contribution in [0.4, 0.5) is 0 Å². The molecule has 1 aromatic heterocycles. The highest BCUT2D eigenvalue weighted by atomic mass is 32.2. The van der Waals surface area contributed by atoms with Crippen molar-refractivity contribution in [2.45, 2.75) is 31.3 Å². The number of hydrogen-bond acceptors (Lipinski definition) is 4. The van der Waals surface area contributed by atoms with Crippen LogP contribution in [0.5, 0.6) is 0 Å². The van der Waals surface area contributed by atoms with E-state index in [0.29, 0.717) is 5.76 Å². The predicted molar refractivity (Wildman–Crippen MR) is 110 cm³/mol. The molecule has 6 nitrogen and oxygen atoms in total. The van der Waals surface area contributed by atoms with Crippen molar-refractivity contribution in [3.63, 3.8) is 0 Å². The van der Waals surface area contributed by atoms with Crippen molar-refractivity contribution in [3.8, 4) is 0 Å². The van der Waals surface area contributed by atoms with Crippen molar-refractivity contribution >= 4 is 15.9 Å². The first-order chi connectivity index (χ1) is 13.9. The Hall–Kier alpha value is -2.90. The zero-order valence-corrected chi connectivity index (χ0v) is 17.2. The molecule has 1 amide bonds. The van der Waals surface area contributed by atoms with Crippen molar-refractivity contribution in [2.24, 2.45) is 0 Å². The van der Waals surface area contributed by atoms with Gasteiger partial charge in [-0.15, -0.1) is 0 Å². The van der Waals surface area contributed by atoms with E-state index >= 15 is 0 Å². The average Bonchev–Trinajstić information content (AvgIpc) is 3.21. The highest BCUT2D eigenvalue weighted by Gasteiger charge is 2.28. The number of nitrogens with zero attached hydrogens (tertiary/aromatic N) is 1. The van der Waals surface area contributed by atoms with Gasteiger partial charge in [-0.3, -0.25) is 4.79 Å². The lowest BCUT2D eigenvalue weighted by molar-refractivity contribution is -0.122. The van der Waals surface area contributed by atoms with Crippen molar-refractivity contribution in [3.05, 3.63) is 89.9 Å². The van der Waals surface area contributed by atoms with Gasteiger partial charge in [0, 0.05) is 0 Å². The second kappa shape index (κ2) is 9.07. The zero-order chi connectivity index (χ0) is 20.9. The van der Waals surface area contributed by atoms with E-state index in [-0.39, 0.29) is 29.9 Å². The molecule has 0 aliphatic heterocycles. The summed E-state index contributed by atoms with van der Waals surface area (Å²) in [6.45, 7) is 3.40. The van der Waals surface area contributed by atoms with E-state index in [4.69, 9.17) is 4.42 Å². The summed E-state index contributed by atoms with van der Waals surface area (Å²) in [5.74, 6) is 0.0770. The minimum atomic E-state index is -3.88. The van der Waals surface area contributed by atoms with Crippen LogP contribution in [0.2, 0.25) is 0 Å². The van der Waals surface area contributed by atoms with Crippen molar-refractivity contribution in [1.29, 1.82) is 0 Å². The van der Waals surface area contributed by atoms with Gasteiger partial charge < -0.3 is 9.73 Å². The third kappa shape index (κ3) is 5.34. The molecule has 1 heterocycles. The van der Waals surface area contributed by atoms with Gasteiger partial charge in [-0.25, -0.2) is 8.42 Å². The lowest BCUT2D eigenvalue weighted by atomic mass is 10.1. The Balaban J connectivity index is 1.80. The average molecular weight is 413 g/mol. The molecule has 1 atom stereocenters. The third-order valence-electron chi connectivity index (χ3n) is 4.57. The Kier molecular flexibility index (Phi) is 6.51. The first kappa shape index (κ1) is 20.8. The minimum absolute atomic E-state index is 0.0314. The first-order valence-electron chi connectivity index (χ1n) is 9.30. The number of benzene rings is 2. The van der Waals surface area contributed by atoms with Crippen LogP contribution in [-0.4, -0.2) is 25.2 Å². The van der Waals surface area contributed by atoms with Gasteiger partial charge in [0.1, 0.15) is 5.76 Å². The smallest absolute Gasteiger partial charge is 0.243 e. The molecule has 152 valence electrons. The van der Waals surface area contributed by atoms with E-state index in [9.17, 15) is 13.2 Å². The molecule has 29 heavy (non-hydrogen) atoms. The minimum Gasteiger partial charge on any atom is -0.468 e. The fourth-order valence-electron chi connectivity index (χ4n) is 2.93. The van der Waals surface area contributed by atoms with Crippen LogP contribution < -0.4 is 5.32 Å². The zero-order valence-electron chi connectivity index (χ0n) is 16.4. The van der Waals surface area contributed by atoms with Crippen LogP contribution in [0.3, 0.4) is 0 Å². The molecule has 3 rings (SSSR count). The second-order valence-electron chi connectivity index (χ2n) is 6.87. The number of carbonyl (C=O) groups excluding carboxylic acids is 1. The summed E-state index contributed by atoms with van der Waals surface area (Å²) in [5.41, 5.74) is 1.90. The number of carbonyl (C=O) groups is 1. The summed E-state index contributed by atoms with van der Waals surface area (Å²) >= 11 is 0. The standard InChI is InChI=1S/C22H24N2O4S/c1-17-10-12-21(13-11-17)29(26,27)24(15-20-9-6-14-28-20)16-22(25)23-18(2)19-7-4-3-5-8-19/h3-14,18H,15-16H2,1-2H3,(H,23,25)/t18-/m1/s1. The normalized spacial score (nSPS) is 12.7. The van der Waals surface area contributed by atoms with Gasteiger partial charge in [0.2, 0.25) is 15.9 Å². The molecule has 0 unspecified atom stereocenters. The van der Waals surface area contributed by atoms with Gasteiger partial charge in [0.25, 0.3) is 0 Å². The Bertz CT molecular complexity index is 1030. The first-order valence-corrected chi connectivity index (χ1v) is 10.7. The molecule has 0 bridgehead atoms. The fraction of sp³-hybridized carbons (Fsp3) is 0.227. The summed E-state index contributed by atoms with van der Waals surface area (Å²) in [7, 11) is -3.88. The van der Waals surface area contributed by atoms with Crippen molar-refractivity contribution in [1.82, 2.24) is 9.62 Å². The molecule has 7 heteroatoms. The Labute approximate surface area is 171 Å². The van der Waals surface area contributed by atoms with E-state index in [0.717, 1.165) is 15.4 Å². The maximum absolute atomic E-state index is 13.2. The van der Waals surface area contributed by atoms with Gasteiger partial charge in [0.05, 0.1) is 30.3 Å². The summed E-state index contributed by atoms with van der Waals surface area (Å²) in [6.07, 6.45) is 1.48. The highest BCUT2D eigenvalue weighted by Crippen LogP contribution is 2.19. The van der Waals surface area contributed by atoms with Crippen LogP contribution in [-0.2, 0) is 21.4 Å². The number of amides is 1. The molecule has 0 saturated carbocycles. The number of rotatable bonds is 8.